The van der Waals surface area contributed by atoms with Gasteiger partial charge in [0.25, 0.3) is 0 Å². The molecular weight excluding hydrogens is 168 g/mol. The third-order valence-electron chi connectivity index (χ3n) is 2.31. The average Bonchev–Trinajstić information content (AvgIpc) is 2.15. The maximum atomic E-state index is 11.6. The largest absolute Gasteiger partial charge is 0.375 e. The molecule has 1 saturated heterocycles. The predicted octanol–water partition coefficient (Wildman–Crippen LogP) is -0.0290. The molecule has 2 unspecified atom stereocenters. The summed E-state index contributed by atoms with van der Waals surface area (Å²) in [5.41, 5.74) is 5.66. The van der Waals surface area contributed by atoms with E-state index in [1.165, 1.54) is 0 Å². The van der Waals surface area contributed by atoms with E-state index in [0.29, 0.717) is 26.1 Å². The summed E-state index contributed by atoms with van der Waals surface area (Å²) >= 11 is 0. The molecule has 0 aromatic heterocycles. The number of hydrogen-bond donors (Lipinski definition) is 1. The summed E-state index contributed by atoms with van der Waals surface area (Å²) in [7, 11) is 0. The van der Waals surface area contributed by atoms with Gasteiger partial charge in [-0.15, -0.1) is 0 Å². The first kappa shape index (κ1) is 10.5. The SMILES string of the molecule is CCC(N)C(=O)N1CCOC(C)C1. The van der Waals surface area contributed by atoms with Crippen LogP contribution >= 0.6 is 0 Å². The van der Waals surface area contributed by atoms with Crippen molar-refractivity contribution in [1.82, 2.24) is 4.90 Å². The second-order valence-corrected chi connectivity index (χ2v) is 3.48. The van der Waals surface area contributed by atoms with E-state index in [1.54, 1.807) is 4.90 Å². The number of carbonyl (C=O) groups is 1. The summed E-state index contributed by atoms with van der Waals surface area (Å²) in [6.45, 7) is 5.87. The Morgan fingerprint density at radius 3 is 3.00 bits per heavy atom. The molecular formula is C9H18N2O2. The lowest BCUT2D eigenvalue weighted by atomic mass is 10.2. The minimum atomic E-state index is -0.342. The second kappa shape index (κ2) is 4.58. The fourth-order valence-corrected chi connectivity index (χ4v) is 1.43. The number of nitrogens with two attached hydrogens (primary N) is 1. The zero-order valence-corrected chi connectivity index (χ0v) is 8.32. The number of nitrogens with zero attached hydrogens (tertiary/aromatic N) is 1. The van der Waals surface area contributed by atoms with E-state index in [4.69, 9.17) is 10.5 Å². The minimum absolute atomic E-state index is 0.0534. The van der Waals surface area contributed by atoms with E-state index in [0.717, 1.165) is 0 Å². The molecule has 13 heavy (non-hydrogen) atoms. The van der Waals surface area contributed by atoms with Gasteiger partial charge in [0, 0.05) is 13.1 Å². The van der Waals surface area contributed by atoms with Crippen molar-refractivity contribution in [2.45, 2.75) is 32.4 Å². The van der Waals surface area contributed by atoms with E-state index < -0.39 is 0 Å². The molecule has 0 saturated carbocycles. The van der Waals surface area contributed by atoms with Gasteiger partial charge < -0.3 is 15.4 Å². The van der Waals surface area contributed by atoms with E-state index in [-0.39, 0.29) is 18.1 Å². The van der Waals surface area contributed by atoms with Crippen LogP contribution in [-0.2, 0) is 9.53 Å². The first-order valence-electron chi connectivity index (χ1n) is 4.81. The fourth-order valence-electron chi connectivity index (χ4n) is 1.43. The number of carbonyl (C=O) groups excluding carboxylic acids is 1. The fraction of sp³-hybridized carbons (Fsp3) is 0.889. The van der Waals surface area contributed by atoms with E-state index >= 15 is 0 Å². The van der Waals surface area contributed by atoms with Gasteiger partial charge in [0.15, 0.2) is 0 Å². The van der Waals surface area contributed by atoms with Crippen LogP contribution in [0.25, 0.3) is 0 Å². The van der Waals surface area contributed by atoms with Gasteiger partial charge in [-0.3, -0.25) is 4.79 Å². The Bertz CT molecular complexity index is 184. The highest BCUT2D eigenvalue weighted by Gasteiger charge is 2.24. The van der Waals surface area contributed by atoms with Crippen molar-refractivity contribution >= 4 is 5.91 Å². The Morgan fingerprint density at radius 1 is 1.77 bits per heavy atom. The highest BCUT2D eigenvalue weighted by Crippen LogP contribution is 2.06. The van der Waals surface area contributed by atoms with Gasteiger partial charge in [-0.05, 0) is 13.3 Å². The molecule has 4 nitrogen and oxygen atoms in total. The van der Waals surface area contributed by atoms with E-state index in [1.807, 2.05) is 13.8 Å². The van der Waals surface area contributed by atoms with Crippen molar-refractivity contribution in [3.05, 3.63) is 0 Å². The maximum Gasteiger partial charge on any atom is 0.239 e. The first-order valence-corrected chi connectivity index (χ1v) is 4.81. The monoisotopic (exact) mass is 186 g/mol. The zero-order valence-electron chi connectivity index (χ0n) is 8.32. The second-order valence-electron chi connectivity index (χ2n) is 3.48. The van der Waals surface area contributed by atoms with Crippen LogP contribution in [0.15, 0.2) is 0 Å². The molecule has 0 radical (unpaired) electrons. The molecule has 0 aliphatic carbocycles. The summed E-state index contributed by atoms with van der Waals surface area (Å²) in [6, 6.07) is -0.342. The topological polar surface area (TPSA) is 55.6 Å². The lowest BCUT2D eigenvalue weighted by molar-refractivity contribution is -0.139. The van der Waals surface area contributed by atoms with Crippen molar-refractivity contribution in [3.63, 3.8) is 0 Å². The van der Waals surface area contributed by atoms with Crippen LogP contribution in [0.2, 0.25) is 0 Å². The summed E-state index contributed by atoms with van der Waals surface area (Å²) in [5, 5.41) is 0. The van der Waals surface area contributed by atoms with Gasteiger partial charge in [0.2, 0.25) is 5.91 Å². The number of ether oxygens (including phenoxy) is 1. The van der Waals surface area contributed by atoms with Gasteiger partial charge in [-0.25, -0.2) is 0 Å². The number of rotatable bonds is 2. The molecule has 2 atom stereocenters. The summed E-state index contributed by atoms with van der Waals surface area (Å²) in [4.78, 5) is 13.4. The van der Waals surface area contributed by atoms with Crippen LogP contribution in [0, 0.1) is 0 Å². The summed E-state index contributed by atoms with van der Waals surface area (Å²) in [6.07, 6.45) is 0.839. The highest BCUT2D eigenvalue weighted by atomic mass is 16.5. The Morgan fingerprint density at radius 2 is 2.46 bits per heavy atom. The van der Waals surface area contributed by atoms with Gasteiger partial charge in [-0.1, -0.05) is 6.92 Å². The molecule has 1 fully saturated rings. The van der Waals surface area contributed by atoms with Crippen LogP contribution in [0.3, 0.4) is 0 Å². The van der Waals surface area contributed by atoms with Crippen molar-refractivity contribution in [1.29, 1.82) is 0 Å². The summed E-state index contributed by atoms with van der Waals surface area (Å²) in [5.74, 6) is 0.0534. The molecule has 1 rings (SSSR count). The van der Waals surface area contributed by atoms with Gasteiger partial charge >= 0.3 is 0 Å². The highest BCUT2D eigenvalue weighted by molar-refractivity contribution is 5.81. The molecule has 0 spiro atoms. The molecule has 1 aliphatic rings. The lowest BCUT2D eigenvalue weighted by Crippen LogP contribution is -2.50. The first-order chi connectivity index (χ1) is 6.15. The quantitative estimate of drug-likeness (QED) is 0.659. The predicted molar refractivity (Wildman–Crippen MR) is 50.3 cm³/mol. The van der Waals surface area contributed by atoms with Crippen LogP contribution in [-0.4, -0.2) is 42.6 Å². The van der Waals surface area contributed by atoms with E-state index in [2.05, 4.69) is 0 Å². The molecule has 1 amide bonds. The number of morpholine rings is 1. The summed E-state index contributed by atoms with van der Waals surface area (Å²) < 4.78 is 5.34. The molecule has 0 aromatic carbocycles. The zero-order chi connectivity index (χ0) is 9.84. The van der Waals surface area contributed by atoms with Gasteiger partial charge in [0.1, 0.15) is 0 Å². The molecule has 1 heterocycles. The minimum Gasteiger partial charge on any atom is -0.375 e. The molecule has 0 aromatic rings. The molecule has 0 bridgehead atoms. The van der Waals surface area contributed by atoms with Crippen LogP contribution in [0.5, 0.6) is 0 Å². The number of amides is 1. The van der Waals surface area contributed by atoms with Crippen molar-refractivity contribution in [2.75, 3.05) is 19.7 Å². The normalized spacial score (nSPS) is 25.8. The van der Waals surface area contributed by atoms with Crippen LogP contribution in [0.4, 0.5) is 0 Å². The molecule has 2 N–H and O–H groups in total. The lowest BCUT2D eigenvalue weighted by Gasteiger charge is -2.32. The third-order valence-corrected chi connectivity index (χ3v) is 2.31. The molecule has 4 heteroatoms. The third kappa shape index (κ3) is 2.67. The van der Waals surface area contributed by atoms with Gasteiger partial charge in [-0.2, -0.15) is 0 Å². The van der Waals surface area contributed by atoms with Crippen molar-refractivity contribution in [2.24, 2.45) is 5.73 Å². The average molecular weight is 186 g/mol. The van der Waals surface area contributed by atoms with Crippen molar-refractivity contribution < 1.29 is 9.53 Å². The Labute approximate surface area is 79.0 Å². The Balaban J connectivity index is 2.46. The molecule has 76 valence electrons. The smallest absolute Gasteiger partial charge is 0.239 e. The standard InChI is InChI=1S/C9H18N2O2/c1-3-8(10)9(12)11-4-5-13-7(2)6-11/h7-8H,3-6,10H2,1-2H3. The van der Waals surface area contributed by atoms with Crippen molar-refractivity contribution in [3.8, 4) is 0 Å². The van der Waals surface area contributed by atoms with Crippen LogP contribution in [0.1, 0.15) is 20.3 Å². The maximum absolute atomic E-state index is 11.6. The Kier molecular flexibility index (Phi) is 3.69. The van der Waals surface area contributed by atoms with Gasteiger partial charge in [0.05, 0.1) is 18.8 Å². The Hall–Kier alpha value is -0.610. The molecule has 1 aliphatic heterocycles. The number of hydrogen-bond acceptors (Lipinski definition) is 3. The van der Waals surface area contributed by atoms with E-state index in [9.17, 15) is 4.79 Å². The van der Waals surface area contributed by atoms with Crippen LogP contribution < -0.4 is 5.73 Å².